The van der Waals surface area contributed by atoms with Gasteiger partial charge < -0.3 is 14.6 Å². The smallest absolute Gasteiger partial charge is 0.305 e. The van der Waals surface area contributed by atoms with Crippen LogP contribution in [0.15, 0.2) is 12.3 Å². The van der Waals surface area contributed by atoms with Crippen LogP contribution in [-0.2, 0) is 14.3 Å². The van der Waals surface area contributed by atoms with E-state index in [1.807, 2.05) is 6.08 Å². The second-order valence-corrected chi connectivity index (χ2v) is 3.83. The van der Waals surface area contributed by atoms with E-state index < -0.39 is 6.29 Å². The Hall–Kier alpha value is -1.03. The standard InChI is InChI=1S/C10H14O4/c1-6(11)14-10-8-2-3-9(12)7(8)4-5-13-10/h4-5,7-10,12H,2-3H2,1H3/t7?,8?,9-,10?/m1/s1. The molecule has 0 bridgehead atoms. The van der Waals surface area contributed by atoms with Crippen molar-refractivity contribution in [3.8, 4) is 0 Å². The summed E-state index contributed by atoms with van der Waals surface area (Å²) in [6.45, 7) is 1.36. The molecule has 0 amide bonds. The molecule has 1 saturated carbocycles. The molecule has 1 heterocycles. The fourth-order valence-electron chi connectivity index (χ4n) is 2.22. The van der Waals surface area contributed by atoms with Crippen molar-refractivity contribution in [1.82, 2.24) is 0 Å². The van der Waals surface area contributed by atoms with Crippen LogP contribution in [0, 0.1) is 11.8 Å². The van der Waals surface area contributed by atoms with E-state index in [1.54, 1.807) is 0 Å². The molecule has 14 heavy (non-hydrogen) atoms. The van der Waals surface area contributed by atoms with Crippen LogP contribution in [-0.4, -0.2) is 23.5 Å². The van der Waals surface area contributed by atoms with Gasteiger partial charge in [0.15, 0.2) is 0 Å². The zero-order valence-electron chi connectivity index (χ0n) is 8.05. The molecule has 0 saturated heterocycles. The average Bonchev–Trinajstić information content (AvgIpc) is 2.49. The van der Waals surface area contributed by atoms with Gasteiger partial charge in [-0.15, -0.1) is 0 Å². The molecule has 0 spiro atoms. The van der Waals surface area contributed by atoms with Crippen molar-refractivity contribution in [3.63, 3.8) is 0 Å². The second-order valence-electron chi connectivity index (χ2n) is 3.83. The van der Waals surface area contributed by atoms with Gasteiger partial charge in [-0.25, -0.2) is 0 Å². The molecule has 2 rings (SSSR count). The summed E-state index contributed by atoms with van der Waals surface area (Å²) >= 11 is 0. The minimum Gasteiger partial charge on any atom is -0.462 e. The van der Waals surface area contributed by atoms with Gasteiger partial charge in [0.1, 0.15) is 0 Å². The Balaban J connectivity index is 2.07. The lowest BCUT2D eigenvalue weighted by molar-refractivity contribution is -0.182. The second kappa shape index (κ2) is 3.61. The molecule has 2 aliphatic rings. The summed E-state index contributed by atoms with van der Waals surface area (Å²) in [6, 6.07) is 0. The molecule has 0 aromatic rings. The van der Waals surface area contributed by atoms with E-state index in [-0.39, 0.29) is 23.9 Å². The summed E-state index contributed by atoms with van der Waals surface area (Å²) in [7, 11) is 0. The van der Waals surface area contributed by atoms with Crippen molar-refractivity contribution in [2.75, 3.05) is 0 Å². The summed E-state index contributed by atoms with van der Waals surface area (Å²) in [5.41, 5.74) is 0. The number of hydrogen-bond acceptors (Lipinski definition) is 4. The maximum Gasteiger partial charge on any atom is 0.305 e. The fraction of sp³-hybridized carbons (Fsp3) is 0.700. The number of rotatable bonds is 1. The Morgan fingerprint density at radius 1 is 1.57 bits per heavy atom. The van der Waals surface area contributed by atoms with E-state index >= 15 is 0 Å². The predicted octanol–water partition coefficient (Wildman–Crippen LogP) is 0.807. The molecule has 4 heteroatoms. The van der Waals surface area contributed by atoms with Crippen LogP contribution in [0.2, 0.25) is 0 Å². The number of fused-ring (bicyclic) bond motifs is 1. The Labute approximate surface area is 82.5 Å². The molecular weight excluding hydrogens is 184 g/mol. The SMILES string of the molecule is CC(=O)OC1OC=CC2C1CC[C@H]2O. The van der Waals surface area contributed by atoms with Crippen molar-refractivity contribution in [3.05, 3.63) is 12.3 Å². The maximum absolute atomic E-state index is 10.8. The highest BCUT2D eigenvalue weighted by atomic mass is 16.7. The van der Waals surface area contributed by atoms with Crippen LogP contribution in [0.3, 0.4) is 0 Å². The molecule has 0 aromatic carbocycles. The van der Waals surface area contributed by atoms with Gasteiger partial charge in [0.2, 0.25) is 6.29 Å². The summed E-state index contributed by atoms with van der Waals surface area (Å²) in [4.78, 5) is 10.8. The lowest BCUT2D eigenvalue weighted by atomic mass is 9.93. The molecule has 4 nitrogen and oxygen atoms in total. The number of carbonyl (C=O) groups is 1. The van der Waals surface area contributed by atoms with Gasteiger partial charge in [0, 0.05) is 18.8 Å². The minimum absolute atomic E-state index is 0.0769. The summed E-state index contributed by atoms with van der Waals surface area (Å²) in [6.07, 6.45) is 4.12. The first kappa shape index (κ1) is 9.52. The monoisotopic (exact) mass is 198 g/mol. The molecule has 1 N–H and O–H groups in total. The van der Waals surface area contributed by atoms with Gasteiger partial charge >= 0.3 is 5.97 Å². The third-order valence-corrected chi connectivity index (χ3v) is 2.88. The molecule has 1 fully saturated rings. The van der Waals surface area contributed by atoms with Gasteiger partial charge in [-0.2, -0.15) is 0 Å². The first-order valence-electron chi connectivity index (χ1n) is 4.86. The largest absolute Gasteiger partial charge is 0.462 e. The molecule has 3 unspecified atom stereocenters. The van der Waals surface area contributed by atoms with Gasteiger partial charge in [-0.3, -0.25) is 4.79 Å². The quantitative estimate of drug-likeness (QED) is 0.633. The van der Waals surface area contributed by atoms with Crippen molar-refractivity contribution < 1.29 is 19.4 Å². The molecule has 0 radical (unpaired) electrons. The molecule has 1 aliphatic carbocycles. The number of aliphatic hydroxyl groups is 1. The Morgan fingerprint density at radius 2 is 2.36 bits per heavy atom. The number of esters is 1. The Kier molecular flexibility index (Phi) is 2.46. The lowest BCUT2D eigenvalue weighted by Gasteiger charge is -2.30. The predicted molar refractivity (Wildman–Crippen MR) is 48.0 cm³/mol. The van der Waals surface area contributed by atoms with Crippen LogP contribution < -0.4 is 0 Å². The van der Waals surface area contributed by atoms with Gasteiger partial charge in [0.25, 0.3) is 0 Å². The number of carbonyl (C=O) groups excluding carboxylic acids is 1. The first-order valence-corrected chi connectivity index (χ1v) is 4.86. The van der Waals surface area contributed by atoms with Crippen LogP contribution in [0.25, 0.3) is 0 Å². The van der Waals surface area contributed by atoms with E-state index in [2.05, 4.69) is 0 Å². The van der Waals surface area contributed by atoms with Crippen molar-refractivity contribution in [2.45, 2.75) is 32.2 Å². The van der Waals surface area contributed by atoms with Crippen LogP contribution in [0.5, 0.6) is 0 Å². The molecule has 4 atom stereocenters. The van der Waals surface area contributed by atoms with Crippen LogP contribution in [0.1, 0.15) is 19.8 Å². The van der Waals surface area contributed by atoms with E-state index in [9.17, 15) is 9.90 Å². The van der Waals surface area contributed by atoms with Crippen molar-refractivity contribution >= 4 is 5.97 Å². The number of ether oxygens (including phenoxy) is 2. The minimum atomic E-state index is -0.514. The maximum atomic E-state index is 10.8. The van der Waals surface area contributed by atoms with E-state index in [0.29, 0.717) is 0 Å². The first-order chi connectivity index (χ1) is 6.68. The van der Waals surface area contributed by atoms with Gasteiger partial charge in [0.05, 0.1) is 12.4 Å². The van der Waals surface area contributed by atoms with E-state index in [4.69, 9.17) is 9.47 Å². The summed E-state index contributed by atoms with van der Waals surface area (Å²) < 4.78 is 10.2. The highest BCUT2D eigenvalue weighted by molar-refractivity contribution is 5.66. The molecule has 0 aromatic heterocycles. The highest BCUT2D eigenvalue weighted by Crippen LogP contribution is 2.39. The van der Waals surface area contributed by atoms with Crippen LogP contribution in [0.4, 0.5) is 0 Å². The van der Waals surface area contributed by atoms with Gasteiger partial charge in [-0.05, 0) is 18.9 Å². The van der Waals surface area contributed by atoms with Crippen LogP contribution >= 0.6 is 0 Å². The Morgan fingerprint density at radius 3 is 3.07 bits per heavy atom. The van der Waals surface area contributed by atoms with E-state index in [0.717, 1.165) is 12.8 Å². The lowest BCUT2D eigenvalue weighted by Crippen LogP contribution is -2.34. The molecule has 78 valence electrons. The normalized spacial score (nSPS) is 40.1. The number of aliphatic hydroxyl groups excluding tert-OH is 1. The topological polar surface area (TPSA) is 55.8 Å². The molecule has 1 aliphatic heterocycles. The Bertz CT molecular complexity index is 261. The van der Waals surface area contributed by atoms with E-state index in [1.165, 1.54) is 13.2 Å². The summed E-state index contributed by atoms with van der Waals surface area (Å²) in [5.74, 6) is -0.155. The van der Waals surface area contributed by atoms with Gasteiger partial charge in [-0.1, -0.05) is 0 Å². The molecular formula is C10H14O4. The fourth-order valence-corrected chi connectivity index (χ4v) is 2.22. The zero-order chi connectivity index (χ0) is 10.1. The highest BCUT2D eigenvalue weighted by Gasteiger charge is 2.42. The van der Waals surface area contributed by atoms with Crippen molar-refractivity contribution in [2.24, 2.45) is 11.8 Å². The zero-order valence-corrected chi connectivity index (χ0v) is 8.05. The number of hydrogen-bond donors (Lipinski definition) is 1. The average molecular weight is 198 g/mol. The third kappa shape index (κ3) is 1.62. The third-order valence-electron chi connectivity index (χ3n) is 2.88. The van der Waals surface area contributed by atoms with Crippen molar-refractivity contribution in [1.29, 1.82) is 0 Å². The summed E-state index contributed by atoms with van der Waals surface area (Å²) in [5, 5.41) is 9.63.